The molecule has 0 radical (unpaired) electrons. The number of aromatic hydroxyl groups is 1. The van der Waals surface area contributed by atoms with E-state index >= 15 is 0 Å². The van der Waals surface area contributed by atoms with E-state index in [4.69, 9.17) is 0 Å². The van der Waals surface area contributed by atoms with E-state index in [-0.39, 0.29) is 24.1 Å². The fourth-order valence-corrected chi connectivity index (χ4v) is 9.76. The highest BCUT2D eigenvalue weighted by molar-refractivity contribution is 6.05. The number of carbonyl (C=O) groups is 3. The molecule has 3 aromatic carbocycles. The van der Waals surface area contributed by atoms with Crippen LogP contribution in [0.4, 0.5) is 11.4 Å². The first-order valence-corrected chi connectivity index (χ1v) is 19.6. The monoisotopic (exact) mass is 703 g/mol. The van der Waals surface area contributed by atoms with Gasteiger partial charge in [-0.2, -0.15) is 0 Å². The van der Waals surface area contributed by atoms with Crippen molar-refractivity contribution in [1.82, 2.24) is 15.1 Å². The second-order valence-corrected chi connectivity index (χ2v) is 16.3. The molecular formula is C43H53N5O4. The third-order valence-electron chi connectivity index (χ3n) is 12.5. The van der Waals surface area contributed by atoms with E-state index in [9.17, 15) is 19.5 Å². The van der Waals surface area contributed by atoms with Gasteiger partial charge >= 0.3 is 0 Å². The summed E-state index contributed by atoms with van der Waals surface area (Å²) in [5, 5.41) is 12.5. The molecule has 3 atom stereocenters. The third kappa shape index (κ3) is 7.04. The van der Waals surface area contributed by atoms with Crippen molar-refractivity contribution in [2.45, 2.75) is 77.3 Å². The Balaban J connectivity index is 0.825. The highest BCUT2D eigenvalue weighted by Crippen LogP contribution is 2.45. The maximum absolute atomic E-state index is 13.1. The summed E-state index contributed by atoms with van der Waals surface area (Å²) in [6.45, 7) is 12.4. The fraction of sp³-hybridized carbons (Fsp3) is 0.512. The van der Waals surface area contributed by atoms with Crippen LogP contribution in [0.15, 0.2) is 60.7 Å². The van der Waals surface area contributed by atoms with Crippen LogP contribution in [0.1, 0.15) is 90.9 Å². The van der Waals surface area contributed by atoms with Gasteiger partial charge in [-0.25, -0.2) is 0 Å². The van der Waals surface area contributed by atoms with Crippen LogP contribution in [0.2, 0.25) is 0 Å². The van der Waals surface area contributed by atoms with E-state index in [1.54, 1.807) is 4.90 Å². The minimum atomic E-state index is -0.581. The quantitative estimate of drug-likeness (QED) is 0.281. The smallest absolute Gasteiger partial charge is 0.255 e. The number of benzene rings is 3. The number of anilines is 2. The Morgan fingerprint density at radius 2 is 1.50 bits per heavy atom. The highest BCUT2D eigenvalue weighted by atomic mass is 16.3. The molecule has 3 fully saturated rings. The molecule has 274 valence electrons. The van der Waals surface area contributed by atoms with E-state index in [0.717, 1.165) is 63.5 Å². The SMILES string of the molecule is CC(C)C[C@@H]1CCc2cc(O)ccc2[C@@H]1c1ccc(N2CCC(CN3CCN(c4ccc5c(c4)CN(C4CCC(=O)NC4=O)C5=O)CC3)CC2)cc1. The number of phenolic OH excluding ortho intramolecular Hbond substituents is 1. The van der Waals surface area contributed by atoms with Crippen LogP contribution in [0.5, 0.6) is 5.75 Å². The Kier molecular flexibility index (Phi) is 9.72. The summed E-state index contributed by atoms with van der Waals surface area (Å²) in [4.78, 5) is 46.4. The normalized spacial score (nSPS) is 24.3. The Hall–Kier alpha value is -4.37. The number of aryl methyl sites for hydroxylation is 1. The zero-order chi connectivity index (χ0) is 35.9. The molecule has 3 aromatic rings. The van der Waals surface area contributed by atoms with Crippen LogP contribution in [0, 0.1) is 17.8 Å². The molecule has 3 saturated heterocycles. The number of hydrogen-bond donors (Lipinski definition) is 2. The largest absolute Gasteiger partial charge is 0.508 e. The van der Waals surface area contributed by atoms with Gasteiger partial charge in [0, 0.05) is 81.6 Å². The maximum atomic E-state index is 13.1. The lowest BCUT2D eigenvalue weighted by molar-refractivity contribution is -0.136. The van der Waals surface area contributed by atoms with Gasteiger partial charge in [-0.15, -0.1) is 0 Å². The van der Waals surface area contributed by atoms with E-state index < -0.39 is 6.04 Å². The van der Waals surface area contributed by atoms with Gasteiger partial charge < -0.3 is 19.8 Å². The Labute approximate surface area is 308 Å². The van der Waals surface area contributed by atoms with Crippen molar-refractivity contribution in [3.05, 3.63) is 88.5 Å². The van der Waals surface area contributed by atoms with Gasteiger partial charge in [0.15, 0.2) is 0 Å². The lowest BCUT2D eigenvalue weighted by Gasteiger charge is -2.40. The zero-order valence-electron chi connectivity index (χ0n) is 30.7. The minimum Gasteiger partial charge on any atom is -0.508 e. The molecule has 0 spiro atoms. The second-order valence-electron chi connectivity index (χ2n) is 16.3. The number of piperidine rings is 2. The summed E-state index contributed by atoms with van der Waals surface area (Å²) < 4.78 is 0. The third-order valence-corrected chi connectivity index (χ3v) is 12.5. The fourth-order valence-electron chi connectivity index (χ4n) is 9.76. The molecule has 8 rings (SSSR count). The molecule has 9 heteroatoms. The first-order chi connectivity index (χ1) is 25.2. The van der Waals surface area contributed by atoms with Crippen LogP contribution >= 0.6 is 0 Å². The Bertz CT molecular complexity index is 1810. The molecule has 9 nitrogen and oxygen atoms in total. The molecule has 3 amide bonds. The number of nitrogens with one attached hydrogen (secondary N) is 1. The second kappa shape index (κ2) is 14.6. The Morgan fingerprint density at radius 3 is 2.23 bits per heavy atom. The standard InChI is InChI=1S/C43H53N5O4/c1-28(2)23-32-4-3-31-25-36(49)10-12-37(31)41(32)30-5-7-34(8-6-30)46-17-15-29(16-18-46)26-45-19-21-47(22-20-45)35-9-11-38-33(24-35)27-48(43(38)52)39-13-14-40(50)44-42(39)51/h5-12,24-25,28-29,32,39,41,49H,3-4,13-23,26-27H2,1-2H3,(H,44,50,51)/t32-,39?,41+/m0/s1. The van der Waals surface area contributed by atoms with E-state index in [0.29, 0.717) is 48.0 Å². The molecule has 4 heterocycles. The van der Waals surface area contributed by atoms with Gasteiger partial charge in [0.05, 0.1) is 0 Å². The number of rotatable bonds is 8. The molecule has 5 aliphatic rings. The number of carbonyl (C=O) groups excluding carboxylic acids is 3. The molecule has 2 N–H and O–H groups in total. The van der Waals surface area contributed by atoms with Gasteiger partial charge in [-0.1, -0.05) is 32.0 Å². The number of nitrogens with zero attached hydrogens (tertiary/aromatic N) is 4. The van der Waals surface area contributed by atoms with Gasteiger partial charge in [0.1, 0.15) is 11.8 Å². The van der Waals surface area contributed by atoms with Crippen molar-refractivity contribution in [2.24, 2.45) is 17.8 Å². The average molecular weight is 704 g/mol. The van der Waals surface area contributed by atoms with Gasteiger partial charge in [0.2, 0.25) is 11.8 Å². The molecule has 1 aliphatic carbocycles. The molecule has 0 bridgehead atoms. The topological polar surface area (TPSA) is 96.4 Å². The van der Waals surface area contributed by atoms with Crippen LogP contribution in [-0.2, 0) is 22.6 Å². The maximum Gasteiger partial charge on any atom is 0.255 e. The first kappa shape index (κ1) is 34.7. The summed E-state index contributed by atoms with van der Waals surface area (Å²) in [6.07, 6.45) is 6.51. The number of imide groups is 1. The molecule has 52 heavy (non-hydrogen) atoms. The lowest BCUT2D eigenvalue weighted by Crippen LogP contribution is -2.52. The van der Waals surface area contributed by atoms with Crippen LogP contribution < -0.4 is 15.1 Å². The minimum absolute atomic E-state index is 0.118. The molecule has 0 saturated carbocycles. The number of fused-ring (bicyclic) bond motifs is 2. The number of hydrogen-bond acceptors (Lipinski definition) is 7. The molecular weight excluding hydrogens is 651 g/mol. The van der Waals surface area contributed by atoms with Gasteiger partial charge in [-0.3, -0.25) is 24.6 Å². The van der Waals surface area contributed by atoms with Crippen molar-refractivity contribution in [2.75, 3.05) is 55.6 Å². The van der Waals surface area contributed by atoms with E-state index in [1.165, 1.54) is 48.1 Å². The summed E-state index contributed by atoms with van der Waals surface area (Å²) in [5.74, 6) is 2.00. The molecule has 1 unspecified atom stereocenters. The van der Waals surface area contributed by atoms with Crippen LogP contribution in [-0.4, -0.2) is 84.5 Å². The summed E-state index contributed by atoms with van der Waals surface area (Å²) in [5.41, 5.74) is 8.20. The zero-order valence-corrected chi connectivity index (χ0v) is 30.7. The highest BCUT2D eigenvalue weighted by Gasteiger charge is 2.39. The number of amides is 3. The lowest BCUT2D eigenvalue weighted by atomic mass is 9.69. The number of phenols is 1. The predicted octanol–water partition coefficient (Wildman–Crippen LogP) is 5.93. The summed E-state index contributed by atoms with van der Waals surface area (Å²) in [6, 6.07) is 20.9. The summed E-state index contributed by atoms with van der Waals surface area (Å²) >= 11 is 0. The van der Waals surface area contributed by atoms with Crippen molar-refractivity contribution < 1.29 is 19.5 Å². The van der Waals surface area contributed by atoms with Crippen molar-refractivity contribution in [1.29, 1.82) is 0 Å². The Morgan fingerprint density at radius 1 is 0.769 bits per heavy atom. The van der Waals surface area contributed by atoms with E-state index in [2.05, 4.69) is 70.3 Å². The van der Waals surface area contributed by atoms with Crippen molar-refractivity contribution in [3.63, 3.8) is 0 Å². The predicted molar refractivity (Wildman–Crippen MR) is 204 cm³/mol. The average Bonchev–Trinajstić information content (AvgIpc) is 3.47. The van der Waals surface area contributed by atoms with Crippen molar-refractivity contribution in [3.8, 4) is 5.75 Å². The van der Waals surface area contributed by atoms with E-state index in [1.807, 2.05) is 24.3 Å². The number of piperazine rings is 1. The first-order valence-electron chi connectivity index (χ1n) is 19.6. The molecule has 0 aromatic heterocycles. The van der Waals surface area contributed by atoms with Crippen LogP contribution in [0.3, 0.4) is 0 Å². The molecule has 4 aliphatic heterocycles. The summed E-state index contributed by atoms with van der Waals surface area (Å²) in [7, 11) is 0. The van der Waals surface area contributed by atoms with Gasteiger partial charge in [-0.05, 0) is 121 Å². The van der Waals surface area contributed by atoms with Crippen LogP contribution in [0.25, 0.3) is 0 Å². The van der Waals surface area contributed by atoms with Gasteiger partial charge in [0.25, 0.3) is 5.91 Å². The van der Waals surface area contributed by atoms with Crippen molar-refractivity contribution >= 4 is 29.1 Å².